The summed E-state index contributed by atoms with van der Waals surface area (Å²) >= 11 is 0. The fraction of sp³-hybridized carbons (Fsp3) is 0.462. The van der Waals surface area contributed by atoms with Crippen LogP contribution in [0.5, 0.6) is 5.75 Å². The van der Waals surface area contributed by atoms with Crippen LogP contribution in [-0.4, -0.2) is 25.6 Å². The topological polar surface area (TPSA) is 35.5 Å². The Kier molecular flexibility index (Phi) is 4.99. The standard InChI is InChI=1S/C13H18O3/c1-10(2)15-7-8-16-13-11(3)5-4-6-12(13)9-14/h4-6,9-10H,7-8H2,1-3H3. The zero-order chi connectivity index (χ0) is 12.0. The van der Waals surface area contributed by atoms with Crippen LogP contribution in [0, 0.1) is 6.92 Å². The molecule has 0 atom stereocenters. The van der Waals surface area contributed by atoms with Crippen molar-refractivity contribution in [2.24, 2.45) is 0 Å². The highest BCUT2D eigenvalue weighted by Crippen LogP contribution is 2.21. The van der Waals surface area contributed by atoms with E-state index >= 15 is 0 Å². The fourth-order valence-corrected chi connectivity index (χ4v) is 1.39. The maximum Gasteiger partial charge on any atom is 0.153 e. The van der Waals surface area contributed by atoms with Gasteiger partial charge in [-0.3, -0.25) is 4.79 Å². The normalized spacial score (nSPS) is 10.5. The Morgan fingerprint density at radius 2 is 2.06 bits per heavy atom. The van der Waals surface area contributed by atoms with Gasteiger partial charge in [-0.1, -0.05) is 12.1 Å². The summed E-state index contributed by atoms with van der Waals surface area (Å²) in [5, 5.41) is 0. The maximum atomic E-state index is 10.8. The second-order valence-electron chi connectivity index (χ2n) is 3.88. The first-order valence-electron chi connectivity index (χ1n) is 5.44. The quantitative estimate of drug-likeness (QED) is 0.548. The number of benzene rings is 1. The molecule has 3 heteroatoms. The molecule has 16 heavy (non-hydrogen) atoms. The van der Waals surface area contributed by atoms with Crippen LogP contribution in [-0.2, 0) is 4.74 Å². The predicted octanol–water partition coefficient (Wildman–Crippen LogP) is 2.61. The molecular weight excluding hydrogens is 204 g/mol. The second kappa shape index (κ2) is 6.28. The molecule has 0 bridgehead atoms. The lowest BCUT2D eigenvalue weighted by Gasteiger charge is -2.12. The van der Waals surface area contributed by atoms with E-state index in [1.54, 1.807) is 6.07 Å². The molecular formula is C13H18O3. The Morgan fingerprint density at radius 3 is 2.69 bits per heavy atom. The van der Waals surface area contributed by atoms with E-state index in [9.17, 15) is 4.79 Å². The highest BCUT2D eigenvalue weighted by molar-refractivity contribution is 5.80. The van der Waals surface area contributed by atoms with Crippen molar-refractivity contribution < 1.29 is 14.3 Å². The van der Waals surface area contributed by atoms with Gasteiger partial charge in [0.05, 0.1) is 18.3 Å². The minimum absolute atomic E-state index is 0.200. The van der Waals surface area contributed by atoms with Crippen molar-refractivity contribution in [1.29, 1.82) is 0 Å². The summed E-state index contributed by atoms with van der Waals surface area (Å²) in [5.74, 6) is 0.657. The fourth-order valence-electron chi connectivity index (χ4n) is 1.39. The smallest absolute Gasteiger partial charge is 0.153 e. The molecule has 0 unspecified atom stereocenters. The van der Waals surface area contributed by atoms with Gasteiger partial charge in [-0.15, -0.1) is 0 Å². The molecule has 0 saturated heterocycles. The van der Waals surface area contributed by atoms with Gasteiger partial charge >= 0.3 is 0 Å². The summed E-state index contributed by atoms with van der Waals surface area (Å²) < 4.78 is 10.9. The zero-order valence-electron chi connectivity index (χ0n) is 10.0. The van der Waals surface area contributed by atoms with Gasteiger partial charge in [-0.05, 0) is 32.4 Å². The van der Waals surface area contributed by atoms with E-state index in [0.29, 0.717) is 24.5 Å². The Morgan fingerprint density at radius 1 is 1.31 bits per heavy atom. The van der Waals surface area contributed by atoms with Crippen LogP contribution in [0.25, 0.3) is 0 Å². The molecule has 0 aliphatic rings. The summed E-state index contributed by atoms with van der Waals surface area (Å²) in [7, 11) is 0. The average Bonchev–Trinajstić information content (AvgIpc) is 2.25. The number of rotatable bonds is 6. The Labute approximate surface area is 96.4 Å². The summed E-state index contributed by atoms with van der Waals surface area (Å²) in [4.78, 5) is 10.8. The number of hydrogen-bond donors (Lipinski definition) is 0. The van der Waals surface area contributed by atoms with Crippen molar-refractivity contribution in [1.82, 2.24) is 0 Å². The van der Waals surface area contributed by atoms with E-state index < -0.39 is 0 Å². The molecule has 0 aliphatic heterocycles. The Hall–Kier alpha value is -1.35. The third kappa shape index (κ3) is 3.66. The van der Waals surface area contributed by atoms with E-state index in [1.165, 1.54) is 0 Å². The third-order valence-electron chi connectivity index (χ3n) is 2.15. The minimum atomic E-state index is 0.200. The number of aryl methyl sites for hydroxylation is 1. The molecule has 0 N–H and O–H groups in total. The number of para-hydroxylation sites is 1. The molecule has 1 aromatic rings. The summed E-state index contributed by atoms with van der Waals surface area (Å²) in [6.07, 6.45) is 1.01. The average molecular weight is 222 g/mol. The predicted molar refractivity (Wildman–Crippen MR) is 63.1 cm³/mol. The highest BCUT2D eigenvalue weighted by Gasteiger charge is 2.05. The third-order valence-corrected chi connectivity index (χ3v) is 2.15. The van der Waals surface area contributed by atoms with Gasteiger partial charge in [0, 0.05) is 0 Å². The van der Waals surface area contributed by atoms with Crippen molar-refractivity contribution >= 4 is 6.29 Å². The van der Waals surface area contributed by atoms with Crippen LogP contribution in [0.2, 0.25) is 0 Å². The van der Waals surface area contributed by atoms with E-state index in [0.717, 1.165) is 11.8 Å². The van der Waals surface area contributed by atoms with Gasteiger partial charge in [0.15, 0.2) is 6.29 Å². The van der Waals surface area contributed by atoms with Crippen LogP contribution in [0.15, 0.2) is 18.2 Å². The lowest BCUT2D eigenvalue weighted by Crippen LogP contribution is -2.12. The molecule has 0 radical (unpaired) electrons. The lowest BCUT2D eigenvalue weighted by atomic mass is 10.1. The Bertz CT molecular complexity index is 345. The van der Waals surface area contributed by atoms with Gasteiger partial charge in [0.2, 0.25) is 0 Å². The van der Waals surface area contributed by atoms with E-state index in [2.05, 4.69) is 0 Å². The number of ether oxygens (including phenoxy) is 2. The molecule has 0 spiro atoms. The van der Waals surface area contributed by atoms with Gasteiger partial charge in [0.25, 0.3) is 0 Å². The highest BCUT2D eigenvalue weighted by atomic mass is 16.5. The lowest BCUT2D eigenvalue weighted by molar-refractivity contribution is 0.0549. The number of carbonyl (C=O) groups is 1. The van der Waals surface area contributed by atoms with E-state index in [-0.39, 0.29) is 6.10 Å². The molecule has 0 amide bonds. The first kappa shape index (κ1) is 12.7. The van der Waals surface area contributed by atoms with Crippen molar-refractivity contribution in [3.63, 3.8) is 0 Å². The summed E-state index contributed by atoms with van der Waals surface area (Å²) in [5.41, 5.74) is 1.55. The molecule has 0 aliphatic carbocycles. The second-order valence-corrected chi connectivity index (χ2v) is 3.88. The zero-order valence-corrected chi connectivity index (χ0v) is 10.0. The van der Waals surface area contributed by atoms with Gasteiger partial charge in [-0.2, -0.15) is 0 Å². The molecule has 1 aromatic carbocycles. The van der Waals surface area contributed by atoms with Crippen molar-refractivity contribution in [3.8, 4) is 5.75 Å². The first-order chi connectivity index (χ1) is 7.65. The molecule has 3 nitrogen and oxygen atoms in total. The molecule has 0 heterocycles. The van der Waals surface area contributed by atoms with Gasteiger partial charge < -0.3 is 9.47 Å². The van der Waals surface area contributed by atoms with Crippen LogP contribution >= 0.6 is 0 Å². The van der Waals surface area contributed by atoms with E-state index in [4.69, 9.17) is 9.47 Å². The first-order valence-corrected chi connectivity index (χ1v) is 5.44. The van der Waals surface area contributed by atoms with Crippen LogP contribution < -0.4 is 4.74 Å². The number of aldehydes is 1. The maximum absolute atomic E-state index is 10.8. The van der Waals surface area contributed by atoms with Gasteiger partial charge in [0.1, 0.15) is 12.4 Å². The van der Waals surface area contributed by atoms with Crippen molar-refractivity contribution in [2.75, 3.05) is 13.2 Å². The minimum Gasteiger partial charge on any atom is -0.490 e. The van der Waals surface area contributed by atoms with Crippen LogP contribution in [0.4, 0.5) is 0 Å². The van der Waals surface area contributed by atoms with Crippen molar-refractivity contribution in [2.45, 2.75) is 26.9 Å². The van der Waals surface area contributed by atoms with E-state index in [1.807, 2.05) is 32.9 Å². The molecule has 0 saturated carbocycles. The number of hydrogen-bond acceptors (Lipinski definition) is 3. The molecule has 88 valence electrons. The van der Waals surface area contributed by atoms with Crippen LogP contribution in [0.1, 0.15) is 29.8 Å². The molecule has 1 rings (SSSR count). The molecule has 0 fully saturated rings. The van der Waals surface area contributed by atoms with Crippen LogP contribution in [0.3, 0.4) is 0 Å². The summed E-state index contributed by atoms with van der Waals surface area (Å²) in [6, 6.07) is 5.51. The molecule has 0 aromatic heterocycles. The number of carbonyl (C=O) groups excluding carboxylic acids is 1. The Balaban J connectivity index is 2.55. The van der Waals surface area contributed by atoms with Gasteiger partial charge in [-0.25, -0.2) is 0 Å². The van der Waals surface area contributed by atoms with Crippen molar-refractivity contribution in [3.05, 3.63) is 29.3 Å². The monoisotopic (exact) mass is 222 g/mol. The largest absolute Gasteiger partial charge is 0.490 e. The SMILES string of the molecule is Cc1cccc(C=O)c1OCCOC(C)C. The summed E-state index contributed by atoms with van der Waals surface area (Å²) in [6.45, 7) is 6.87.